The molecule has 1 fully saturated rings. The first kappa shape index (κ1) is 19.0. The third-order valence-electron chi connectivity index (χ3n) is 4.95. The summed E-state index contributed by atoms with van der Waals surface area (Å²) in [7, 11) is 5.61. The van der Waals surface area contributed by atoms with Gasteiger partial charge in [-0.25, -0.2) is 9.97 Å². The predicted molar refractivity (Wildman–Crippen MR) is 112 cm³/mol. The average molecular weight is 413 g/mol. The number of rotatable bonds is 5. The quantitative estimate of drug-likeness (QED) is 0.620. The lowest BCUT2D eigenvalue weighted by molar-refractivity contribution is -0.130. The fourth-order valence-electron chi connectivity index (χ4n) is 3.32. The molecule has 1 amide bonds. The first-order chi connectivity index (χ1) is 13.4. The van der Waals surface area contributed by atoms with E-state index in [1.807, 2.05) is 44.2 Å². The van der Waals surface area contributed by atoms with Crippen molar-refractivity contribution < 1.29 is 4.79 Å². The van der Waals surface area contributed by atoms with Gasteiger partial charge < -0.3 is 9.47 Å². The molecule has 0 saturated heterocycles. The van der Waals surface area contributed by atoms with Gasteiger partial charge in [-0.1, -0.05) is 35.9 Å². The normalized spacial score (nSPS) is 18.1. The van der Waals surface area contributed by atoms with Crippen LogP contribution in [-0.2, 0) is 11.8 Å². The summed E-state index contributed by atoms with van der Waals surface area (Å²) < 4.78 is 2.00. The highest BCUT2D eigenvalue weighted by Crippen LogP contribution is 2.48. The standard InChI is InChI=1S/C21H21ClN4OS/c1-25(2)20(27)17-10-16(17)13-4-6-14(7-5-13)19-21(26(3)12-24-19)28-18-9-8-15(22)11-23-18/h4-9,11-12,16-17H,10H2,1-3H3. The third-order valence-corrected chi connectivity index (χ3v) is 6.29. The van der Waals surface area contributed by atoms with Crippen LogP contribution < -0.4 is 0 Å². The van der Waals surface area contributed by atoms with Gasteiger partial charge in [-0.3, -0.25) is 4.79 Å². The van der Waals surface area contributed by atoms with Crippen molar-refractivity contribution in [1.29, 1.82) is 0 Å². The number of aryl methyl sites for hydroxylation is 1. The van der Waals surface area contributed by atoms with Crippen molar-refractivity contribution in [3.05, 3.63) is 59.5 Å². The van der Waals surface area contributed by atoms with Gasteiger partial charge in [-0.15, -0.1) is 0 Å². The van der Waals surface area contributed by atoms with Crippen LogP contribution in [0.25, 0.3) is 11.3 Å². The molecule has 2 unspecified atom stereocenters. The van der Waals surface area contributed by atoms with Gasteiger partial charge in [-0.2, -0.15) is 0 Å². The van der Waals surface area contributed by atoms with Crippen LogP contribution in [0.3, 0.4) is 0 Å². The summed E-state index contributed by atoms with van der Waals surface area (Å²) in [6.45, 7) is 0. The van der Waals surface area contributed by atoms with Gasteiger partial charge in [0.1, 0.15) is 15.7 Å². The number of carbonyl (C=O) groups is 1. The molecule has 0 N–H and O–H groups in total. The first-order valence-electron chi connectivity index (χ1n) is 9.06. The second kappa shape index (κ2) is 7.60. The first-order valence-corrected chi connectivity index (χ1v) is 10.3. The largest absolute Gasteiger partial charge is 0.349 e. The highest BCUT2D eigenvalue weighted by molar-refractivity contribution is 7.99. The van der Waals surface area contributed by atoms with Gasteiger partial charge in [0.2, 0.25) is 5.91 Å². The van der Waals surface area contributed by atoms with Crippen molar-refractivity contribution in [3.63, 3.8) is 0 Å². The van der Waals surface area contributed by atoms with E-state index >= 15 is 0 Å². The van der Waals surface area contributed by atoms with Crippen LogP contribution in [-0.4, -0.2) is 39.4 Å². The molecule has 0 radical (unpaired) electrons. The van der Waals surface area contributed by atoms with Crippen LogP contribution in [0.15, 0.2) is 59.0 Å². The fourth-order valence-corrected chi connectivity index (χ4v) is 4.32. The van der Waals surface area contributed by atoms with Gasteiger partial charge in [0.25, 0.3) is 0 Å². The number of halogens is 1. The van der Waals surface area contributed by atoms with E-state index < -0.39 is 0 Å². The van der Waals surface area contributed by atoms with Gasteiger partial charge in [0.15, 0.2) is 0 Å². The minimum absolute atomic E-state index is 0.123. The lowest BCUT2D eigenvalue weighted by atomic mass is 10.0. The number of benzene rings is 1. The number of carbonyl (C=O) groups excluding carboxylic acids is 1. The van der Waals surface area contributed by atoms with E-state index in [1.54, 1.807) is 22.9 Å². The van der Waals surface area contributed by atoms with Crippen molar-refractivity contribution in [2.24, 2.45) is 13.0 Å². The fraction of sp³-hybridized carbons (Fsp3) is 0.286. The van der Waals surface area contributed by atoms with E-state index in [0.29, 0.717) is 10.9 Å². The number of aromatic nitrogens is 3. The highest BCUT2D eigenvalue weighted by Gasteiger charge is 2.44. The second-order valence-electron chi connectivity index (χ2n) is 7.23. The molecule has 0 aliphatic heterocycles. The molecule has 2 heterocycles. The van der Waals surface area contributed by atoms with E-state index in [1.165, 1.54) is 5.56 Å². The molecule has 0 spiro atoms. The summed E-state index contributed by atoms with van der Waals surface area (Å²) >= 11 is 7.49. The van der Waals surface area contributed by atoms with Crippen LogP contribution in [0.5, 0.6) is 0 Å². The Kier molecular flexibility index (Phi) is 5.17. The number of nitrogens with zero attached hydrogens (tertiary/aromatic N) is 4. The summed E-state index contributed by atoms with van der Waals surface area (Å²) in [5.74, 6) is 0.672. The summed E-state index contributed by atoms with van der Waals surface area (Å²) in [5, 5.41) is 2.51. The van der Waals surface area contributed by atoms with E-state index in [2.05, 4.69) is 34.2 Å². The van der Waals surface area contributed by atoms with Crippen molar-refractivity contribution >= 4 is 29.3 Å². The molecule has 2 aromatic heterocycles. The van der Waals surface area contributed by atoms with Crippen molar-refractivity contribution in [1.82, 2.24) is 19.4 Å². The van der Waals surface area contributed by atoms with E-state index in [0.717, 1.165) is 27.7 Å². The Hall–Kier alpha value is -2.31. The number of amides is 1. The Morgan fingerprint density at radius 2 is 1.93 bits per heavy atom. The average Bonchev–Trinajstić information content (AvgIpc) is 3.41. The van der Waals surface area contributed by atoms with E-state index in [-0.39, 0.29) is 11.8 Å². The van der Waals surface area contributed by atoms with Gasteiger partial charge in [0.05, 0.1) is 11.3 Å². The Bertz CT molecular complexity index is 998. The van der Waals surface area contributed by atoms with Crippen molar-refractivity contribution in [2.75, 3.05) is 14.1 Å². The van der Waals surface area contributed by atoms with Gasteiger partial charge >= 0.3 is 0 Å². The van der Waals surface area contributed by atoms with E-state index in [9.17, 15) is 4.79 Å². The molecule has 1 saturated carbocycles. The van der Waals surface area contributed by atoms with Crippen molar-refractivity contribution in [2.45, 2.75) is 22.4 Å². The number of hydrogen-bond donors (Lipinski definition) is 0. The molecule has 3 aromatic rings. The smallest absolute Gasteiger partial charge is 0.225 e. The van der Waals surface area contributed by atoms with Crippen LogP contribution in [0, 0.1) is 5.92 Å². The van der Waals surface area contributed by atoms with E-state index in [4.69, 9.17) is 11.6 Å². The molecular weight excluding hydrogens is 392 g/mol. The number of pyridine rings is 1. The molecule has 1 aliphatic carbocycles. The molecule has 28 heavy (non-hydrogen) atoms. The highest BCUT2D eigenvalue weighted by atomic mass is 35.5. The molecule has 5 nitrogen and oxygen atoms in total. The Morgan fingerprint density at radius 3 is 2.57 bits per heavy atom. The summed E-state index contributed by atoms with van der Waals surface area (Å²) in [5.41, 5.74) is 3.19. The minimum Gasteiger partial charge on any atom is -0.349 e. The van der Waals surface area contributed by atoms with Crippen molar-refractivity contribution in [3.8, 4) is 11.3 Å². The zero-order valence-corrected chi connectivity index (χ0v) is 17.5. The van der Waals surface area contributed by atoms with Crippen LogP contribution in [0.2, 0.25) is 5.02 Å². The molecule has 2 atom stereocenters. The van der Waals surface area contributed by atoms with Crippen LogP contribution >= 0.6 is 23.4 Å². The molecule has 1 aromatic carbocycles. The molecule has 4 rings (SSSR count). The summed E-state index contributed by atoms with van der Waals surface area (Å²) in [6, 6.07) is 12.2. The molecule has 0 bridgehead atoms. The SMILES string of the molecule is CN(C)C(=O)C1CC1c1ccc(-c2ncn(C)c2Sc2ccc(Cl)cn2)cc1. The minimum atomic E-state index is 0.123. The summed E-state index contributed by atoms with van der Waals surface area (Å²) in [4.78, 5) is 22.7. The second-order valence-corrected chi connectivity index (χ2v) is 8.67. The Balaban J connectivity index is 1.54. The lowest BCUT2D eigenvalue weighted by Gasteiger charge is -2.10. The third kappa shape index (κ3) is 3.80. The Morgan fingerprint density at radius 1 is 1.18 bits per heavy atom. The molecule has 7 heteroatoms. The zero-order chi connectivity index (χ0) is 19.8. The Labute approximate surface area is 173 Å². The summed E-state index contributed by atoms with van der Waals surface area (Å²) in [6.07, 6.45) is 4.40. The maximum atomic E-state index is 12.1. The van der Waals surface area contributed by atoms with Crippen LogP contribution in [0.4, 0.5) is 0 Å². The molecule has 1 aliphatic rings. The molecular formula is C21H21ClN4OS. The lowest BCUT2D eigenvalue weighted by Crippen LogP contribution is -2.23. The zero-order valence-electron chi connectivity index (χ0n) is 16.0. The topological polar surface area (TPSA) is 51.0 Å². The maximum absolute atomic E-state index is 12.1. The number of hydrogen-bond acceptors (Lipinski definition) is 4. The number of imidazole rings is 1. The van der Waals surface area contributed by atoms with Gasteiger partial charge in [0, 0.05) is 38.8 Å². The molecule has 144 valence electrons. The van der Waals surface area contributed by atoms with Gasteiger partial charge in [-0.05, 0) is 41.8 Å². The monoisotopic (exact) mass is 412 g/mol. The predicted octanol–water partition coefficient (Wildman–Crippen LogP) is 4.48. The maximum Gasteiger partial charge on any atom is 0.225 e. The van der Waals surface area contributed by atoms with Crippen LogP contribution in [0.1, 0.15) is 17.9 Å².